The van der Waals surface area contributed by atoms with Gasteiger partial charge in [-0.15, -0.1) is 0 Å². The van der Waals surface area contributed by atoms with Crippen LogP contribution < -0.4 is 5.32 Å². The lowest BCUT2D eigenvalue weighted by Crippen LogP contribution is -2.51. The molecule has 1 rings (SSSR count). The third-order valence-corrected chi connectivity index (χ3v) is 3.76. The fourth-order valence-corrected chi connectivity index (χ4v) is 1.74. The number of rotatable bonds is 4. The largest absolute Gasteiger partial charge is 0.378 e. The molecule has 1 saturated heterocycles. The van der Waals surface area contributed by atoms with E-state index in [9.17, 15) is 9.59 Å². The molecule has 2 atom stereocenters. The highest BCUT2D eigenvalue weighted by Gasteiger charge is 2.25. The van der Waals surface area contributed by atoms with Crippen molar-refractivity contribution >= 4 is 27.7 Å². The number of carbonyl (C=O) groups excluding carboxylic acids is 2. The van der Waals surface area contributed by atoms with E-state index in [1.807, 2.05) is 6.92 Å². The second-order valence-corrected chi connectivity index (χ2v) is 5.15. The summed E-state index contributed by atoms with van der Waals surface area (Å²) in [5.74, 6) is -0.181. The molecule has 5 nitrogen and oxygen atoms in total. The summed E-state index contributed by atoms with van der Waals surface area (Å²) in [5.41, 5.74) is 0. The number of halogens is 1. The maximum atomic E-state index is 12.0. The summed E-state index contributed by atoms with van der Waals surface area (Å²) in [7, 11) is 0. The predicted octanol–water partition coefficient (Wildman–Crippen LogP) is 0.523. The Kier molecular flexibility index (Phi) is 5.91. The number of alkyl halides is 1. The van der Waals surface area contributed by atoms with Crippen molar-refractivity contribution in [1.29, 1.82) is 0 Å². The summed E-state index contributed by atoms with van der Waals surface area (Å²) in [6.07, 6.45) is 0.699. The van der Waals surface area contributed by atoms with Gasteiger partial charge in [0, 0.05) is 13.1 Å². The Morgan fingerprint density at radius 3 is 2.53 bits per heavy atom. The molecule has 2 amide bonds. The first kappa shape index (κ1) is 14.4. The minimum Gasteiger partial charge on any atom is -0.378 e. The number of morpholine rings is 1. The number of hydrogen-bond acceptors (Lipinski definition) is 3. The van der Waals surface area contributed by atoms with Crippen molar-refractivity contribution in [2.75, 3.05) is 26.3 Å². The first-order valence-electron chi connectivity index (χ1n) is 5.87. The standard InChI is InChI=1S/C11H19BrN2O3/c1-3-9(12)10(15)13-8(2)11(16)14-4-6-17-7-5-14/h8-9H,3-7H2,1-2H3,(H,13,15). The zero-order valence-electron chi connectivity index (χ0n) is 10.2. The van der Waals surface area contributed by atoms with E-state index in [1.54, 1.807) is 11.8 Å². The monoisotopic (exact) mass is 306 g/mol. The van der Waals surface area contributed by atoms with Crippen LogP contribution in [0.3, 0.4) is 0 Å². The Labute approximate surface area is 110 Å². The molecular weight excluding hydrogens is 288 g/mol. The van der Waals surface area contributed by atoms with Crippen molar-refractivity contribution in [3.8, 4) is 0 Å². The Morgan fingerprint density at radius 1 is 1.41 bits per heavy atom. The van der Waals surface area contributed by atoms with E-state index < -0.39 is 6.04 Å². The van der Waals surface area contributed by atoms with Crippen molar-refractivity contribution < 1.29 is 14.3 Å². The molecule has 0 aromatic rings. The number of nitrogens with zero attached hydrogens (tertiary/aromatic N) is 1. The van der Waals surface area contributed by atoms with Crippen LogP contribution in [0.5, 0.6) is 0 Å². The molecule has 1 aliphatic heterocycles. The highest BCUT2D eigenvalue weighted by molar-refractivity contribution is 9.10. The lowest BCUT2D eigenvalue weighted by molar-refractivity contribution is -0.139. The first-order chi connectivity index (χ1) is 8.06. The molecule has 1 heterocycles. The van der Waals surface area contributed by atoms with Gasteiger partial charge in [-0.25, -0.2) is 0 Å². The van der Waals surface area contributed by atoms with Crippen molar-refractivity contribution in [3.05, 3.63) is 0 Å². The molecule has 2 unspecified atom stereocenters. The van der Waals surface area contributed by atoms with Crippen LogP contribution in [0.15, 0.2) is 0 Å². The number of hydrogen-bond donors (Lipinski definition) is 1. The van der Waals surface area contributed by atoms with Gasteiger partial charge in [0.25, 0.3) is 0 Å². The lowest BCUT2D eigenvalue weighted by Gasteiger charge is -2.29. The summed E-state index contributed by atoms with van der Waals surface area (Å²) in [5, 5.41) is 2.71. The molecule has 1 fully saturated rings. The van der Waals surface area contributed by atoms with Gasteiger partial charge in [0.05, 0.1) is 18.0 Å². The molecule has 0 aromatic heterocycles. The van der Waals surface area contributed by atoms with Gasteiger partial charge in [0.15, 0.2) is 0 Å². The van der Waals surface area contributed by atoms with Crippen LogP contribution in [0.1, 0.15) is 20.3 Å². The van der Waals surface area contributed by atoms with E-state index >= 15 is 0 Å². The molecule has 6 heteroatoms. The Hall–Kier alpha value is -0.620. The highest BCUT2D eigenvalue weighted by atomic mass is 79.9. The normalized spacial score (nSPS) is 19.6. The van der Waals surface area contributed by atoms with Crippen molar-refractivity contribution in [1.82, 2.24) is 10.2 Å². The molecule has 1 N–H and O–H groups in total. The van der Waals surface area contributed by atoms with Crippen LogP contribution in [0.4, 0.5) is 0 Å². The fraction of sp³-hybridized carbons (Fsp3) is 0.818. The molecule has 0 bridgehead atoms. The molecule has 1 aliphatic rings. The van der Waals surface area contributed by atoms with Gasteiger partial charge in [-0.1, -0.05) is 22.9 Å². The third kappa shape index (κ3) is 4.27. The molecule has 17 heavy (non-hydrogen) atoms. The SMILES string of the molecule is CCC(Br)C(=O)NC(C)C(=O)N1CCOCC1. The third-order valence-electron chi connectivity index (χ3n) is 2.69. The minimum absolute atomic E-state index is 0.0440. The van der Waals surface area contributed by atoms with E-state index in [0.29, 0.717) is 32.7 Å². The average molecular weight is 307 g/mol. The number of ether oxygens (including phenoxy) is 1. The topological polar surface area (TPSA) is 58.6 Å². The van der Waals surface area contributed by atoms with E-state index in [1.165, 1.54) is 0 Å². The molecular formula is C11H19BrN2O3. The quantitative estimate of drug-likeness (QED) is 0.771. The van der Waals surface area contributed by atoms with Crippen molar-refractivity contribution in [3.63, 3.8) is 0 Å². The summed E-state index contributed by atoms with van der Waals surface area (Å²) >= 11 is 3.26. The van der Waals surface area contributed by atoms with Gasteiger partial charge in [-0.3, -0.25) is 9.59 Å². The van der Waals surface area contributed by atoms with Gasteiger partial charge >= 0.3 is 0 Å². The smallest absolute Gasteiger partial charge is 0.245 e. The molecule has 0 aromatic carbocycles. The fourth-order valence-electron chi connectivity index (χ4n) is 1.61. The molecule has 0 spiro atoms. The zero-order chi connectivity index (χ0) is 12.8. The van der Waals surface area contributed by atoms with Crippen molar-refractivity contribution in [2.45, 2.75) is 31.1 Å². The van der Waals surface area contributed by atoms with E-state index in [0.717, 1.165) is 0 Å². The zero-order valence-corrected chi connectivity index (χ0v) is 11.8. The van der Waals surface area contributed by atoms with Gasteiger partial charge in [-0.2, -0.15) is 0 Å². The summed E-state index contributed by atoms with van der Waals surface area (Å²) < 4.78 is 5.18. The molecule has 0 radical (unpaired) electrons. The minimum atomic E-state index is -0.479. The van der Waals surface area contributed by atoms with Crippen LogP contribution in [-0.4, -0.2) is 53.9 Å². The average Bonchev–Trinajstić information content (AvgIpc) is 2.37. The van der Waals surface area contributed by atoms with E-state index in [2.05, 4.69) is 21.2 Å². The van der Waals surface area contributed by atoms with Gasteiger partial charge < -0.3 is 15.0 Å². The maximum absolute atomic E-state index is 12.0. The van der Waals surface area contributed by atoms with E-state index in [4.69, 9.17) is 4.74 Å². The molecule has 0 saturated carbocycles. The van der Waals surface area contributed by atoms with Gasteiger partial charge in [0.1, 0.15) is 6.04 Å². The number of amides is 2. The van der Waals surface area contributed by atoms with Crippen LogP contribution in [-0.2, 0) is 14.3 Å². The summed E-state index contributed by atoms with van der Waals surface area (Å²) in [6, 6.07) is -0.479. The maximum Gasteiger partial charge on any atom is 0.245 e. The second-order valence-electron chi connectivity index (χ2n) is 4.04. The lowest BCUT2D eigenvalue weighted by atomic mass is 10.2. The molecule has 0 aliphatic carbocycles. The summed E-state index contributed by atoms with van der Waals surface area (Å²) in [4.78, 5) is 25.1. The van der Waals surface area contributed by atoms with E-state index in [-0.39, 0.29) is 16.6 Å². The first-order valence-corrected chi connectivity index (χ1v) is 6.78. The van der Waals surface area contributed by atoms with Crippen LogP contribution >= 0.6 is 15.9 Å². The number of carbonyl (C=O) groups is 2. The summed E-state index contributed by atoms with van der Waals surface area (Å²) in [6.45, 7) is 5.97. The predicted molar refractivity (Wildman–Crippen MR) is 68.0 cm³/mol. The van der Waals surface area contributed by atoms with Crippen LogP contribution in [0, 0.1) is 0 Å². The second kappa shape index (κ2) is 6.96. The Balaban J connectivity index is 2.43. The Bertz CT molecular complexity index is 280. The van der Waals surface area contributed by atoms with Gasteiger partial charge in [0.2, 0.25) is 11.8 Å². The van der Waals surface area contributed by atoms with Gasteiger partial charge in [-0.05, 0) is 13.3 Å². The molecule has 98 valence electrons. The van der Waals surface area contributed by atoms with Crippen LogP contribution in [0.2, 0.25) is 0 Å². The van der Waals surface area contributed by atoms with Crippen molar-refractivity contribution in [2.24, 2.45) is 0 Å². The van der Waals surface area contributed by atoms with Crippen LogP contribution in [0.25, 0.3) is 0 Å². The number of nitrogens with one attached hydrogen (secondary N) is 1. The Morgan fingerprint density at radius 2 is 2.00 bits per heavy atom. The highest BCUT2D eigenvalue weighted by Crippen LogP contribution is 2.06.